The smallest absolute Gasteiger partial charge is 0.274 e. The van der Waals surface area contributed by atoms with Gasteiger partial charge in [0.05, 0.1) is 4.92 Å². The molecule has 1 N–H and O–H groups in total. The van der Waals surface area contributed by atoms with E-state index in [4.69, 9.17) is 0 Å². The Kier molecular flexibility index (Phi) is 4.97. The lowest BCUT2D eigenvalue weighted by atomic mass is 10.0. The lowest BCUT2D eigenvalue weighted by Crippen LogP contribution is -2.46. The van der Waals surface area contributed by atoms with E-state index in [1.165, 1.54) is 12.1 Å². The third-order valence-corrected chi connectivity index (χ3v) is 3.32. The molecule has 0 saturated heterocycles. The van der Waals surface area contributed by atoms with E-state index in [1.807, 2.05) is 14.1 Å². The van der Waals surface area contributed by atoms with Crippen molar-refractivity contribution in [3.05, 3.63) is 39.7 Å². The van der Waals surface area contributed by atoms with Crippen molar-refractivity contribution in [1.29, 1.82) is 0 Å². The SMILES string of the molecule is CN(C)C(C)(C)CNCc1cc(F)ccc1[N+](=O)[O-]. The Bertz CT molecular complexity index is 461. The Morgan fingerprint density at radius 3 is 2.58 bits per heavy atom. The fourth-order valence-electron chi connectivity index (χ4n) is 1.53. The highest BCUT2D eigenvalue weighted by Gasteiger charge is 2.20. The van der Waals surface area contributed by atoms with Crippen molar-refractivity contribution in [2.45, 2.75) is 25.9 Å². The number of likely N-dealkylation sites (N-methyl/N-ethyl adjacent to an activating group) is 1. The predicted molar refractivity (Wildman–Crippen MR) is 72.5 cm³/mol. The zero-order valence-corrected chi connectivity index (χ0v) is 11.7. The highest BCUT2D eigenvalue weighted by molar-refractivity contribution is 5.40. The summed E-state index contributed by atoms with van der Waals surface area (Å²) >= 11 is 0. The fraction of sp³-hybridized carbons (Fsp3) is 0.538. The van der Waals surface area contributed by atoms with E-state index in [0.717, 1.165) is 6.07 Å². The van der Waals surface area contributed by atoms with Crippen molar-refractivity contribution in [3.8, 4) is 0 Å². The monoisotopic (exact) mass is 269 g/mol. The first kappa shape index (κ1) is 15.5. The van der Waals surface area contributed by atoms with E-state index in [-0.39, 0.29) is 17.8 Å². The van der Waals surface area contributed by atoms with E-state index in [9.17, 15) is 14.5 Å². The van der Waals surface area contributed by atoms with Gasteiger partial charge in [-0.3, -0.25) is 10.1 Å². The van der Waals surface area contributed by atoms with Gasteiger partial charge in [0.25, 0.3) is 5.69 Å². The van der Waals surface area contributed by atoms with Gasteiger partial charge < -0.3 is 10.2 Å². The second-order valence-electron chi connectivity index (χ2n) is 5.34. The van der Waals surface area contributed by atoms with Gasteiger partial charge in [-0.25, -0.2) is 4.39 Å². The van der Waals surface area contributed by atoms with Crippen LogP contribution in [0.4, 0.5) is 10.1 Å². The molecule has 1 aromatic carbocycles. The molecule has 0 radical (unpaired) electrons. The molecule has 0 aromatic heterocycles. The number of hydrogen-bond acceptors (Lipinski definition) is 4. The van der Waals surface area contributed by atoms with Gasteiger partial charge in [0.1, 0.15) is 5.82 Å². The van der Waals surface area contributed by atoms with Gasteiger partial charge >= 0.3 is 0 Å². The van der Waals surface area contributed by atoms with Gasteiger partial charge in [0.15, 0.2) is 0 Å². The second kappa shape index (κ2) is 6.08. The van der Waals surface area contributed by atoms with Crippen LogP contribution >= 0.6 is 0 Å². The Hall–Kier alpha value is -1.53. The summed E-state index contributed by atoms with van der Waals surface area (Å²) in [5, 5.41) is 14.0. The Labute approximate surface area is 112 Å². The van der Waals surface area contributed by atoms with Crippen LogP contribution in [0.5, 0.6) is 0 Å². The van der Waals surface area contributed by atoms with E-state index < -0.39 is 10.7 Å². The molecule has 6 heteroatoms. The number of benzene rings is 1. The van der Waals surface area contributed by atoms with Crippen LogP contribution in [0.15, 0.2) is 18.2 Å². The number of nitro groups is 1. The van der Waals surface area contributed by atoms with Crippen LogP contribution in [0.1, 0.15) is 19.4 Å². The summed E-state index contributed by atoms with van der Waals surface area (Å²) in [7, 11) is 3.93. The van der Waals surface area contributed by atoms with Gasteiger partial charge in [0, 0.05) is 30.3 Å². The van der Waals surface area contributed by atoms with Crippen molar-refractivity contribution in [2.75, 3.05) is 20.6 Å². The number of rotatable bonds is 6. The average Bonchev–Trinajstić information content (AvgIpc) is 2.28. The maximum atomic E-state index is 13.1. The van der Waals surface area contributed by atoms with E-state index in [1.54, 1.807) is 0 Å². The molecule has 106 valence electrons. The van der Waals surface area contributed by atoms with Crippen LogP contribution in [-0.2, 0) is 6.54 Å². The lowest BCUT2D eigenvalue weighted by molar-refractivity contribution is -0.385. The topological polar surface area (TPSA) is 58.4 Å². The van der Waals surface area contributed by atoms with E-state index in [0.29, 0.717) is 12.1 Å². The van der Waals surface area contributed by atoms with Gasteiger partial charge in [-0.1, -0.05) is 0 Å². The number of nitro benzene ring substituents is 1. The number of halogens is 1. The van der Waals surface area contributed by atoms with Crippen molar-refractivity contribution < 1.29 is 9.31 Å². The Morgan fingerprint density at radius 2 is 2.05 bits per heavy atom. The Balaban J connectivity index is 2.73. The molecule has 0 heterocycles. The van der Waals surface area contributed by atoms with Crippen molar-refractivity contribution in [3.63, 3.8) is 0 Å². The number of nitrogens with one attached hydrogen (secondary N) is 1. The quantitative estimate of drug-likeness (QED) is 0.635. The molecule has 0 bridgehead atoms. The molecule has 0 atom stereocenters. The summed E-state index contributed by atoms with van der Waals surface area (Å²) in [5.74, 6) is -0.464. The minimum atomic E-state index is -0.493. The molecule has 0 aliphatic carbocycles. The zero-order valence-electron chi connectivity index (χ0n) is 11.7. The average molecular weight is 269 g/mol. The second-order valence-corrected chi connectivity index (χ2v) is 5.34. The molecule has 0 fully saturated rings. The van der Waals surface area contributed by atoms with Crippen LogP contribution in [0.3, 0.4) is 0 Å². The maximum absolute atomic E-state index is 13.1. The first-order valence-corrected chi connectivity index (χ1v) is 6.05. The van der Waals surface area contributed by atoms with Crippen molar-refractivity contribution in [1.82, 2.24) is 10.2 Å². The summed E-state index contributed by atoms with van der Waals surface area (Å²) in [6.07, 6.45) is 0. The fourth-order valence-corrected chi connectivity index (χ4v) is 1.53. The molecule has 0 spiro atoms. The van der Waals surface area contributed by atoms with E-state index >= 15 is 0 Å². The number of nitrogens with zero attached hydrogens (tertiary/aromatic N) is 2. The minimum Gasteiger partial charge on any atom is -0.311 e. The first-order chi connectivity index (χ1) is 8.74. The first-order valence-electron chi connectivity index (χ1n) is 6.05. The van der Waals surface area contributed by atoms with Crippen LogP contribution in [0, 0.1) is 15.9 Å². The molecule has 5 nitrogen and oxygen atoms in total. The molecular weight excluding hydrogens is 249 g/mol. The predicted octanol–water partition coefficient (Wildman–Crippen LogP) is 2.16. The summed E-state index contributed by atoms with van der Waals surface area (Å²) < 4.78 is 13.1. The molecule has 0 aliphatic rings. The third kappa shape index (κ3) is 4.25. The van der Waals surface area contributed by atoms with Crippen LogP contribution in [0.25, 0.3) is 0 Å². The van der Waals surface area contributed by atoms with Crippen LogP contribution in [0.2, 0.25) is 0 Å². The largest absolute Gasteiger partial charge is 0.311 e. The molecular formula is C13H20FN3O2. The highest BCUT2D eigenvalue weighted by Crippen LogP contribution is 2.19. The maximum Gasteiger partial charge on any atom is 0.274 e. The molecule has 1 rings (SSSR count). The zero-order chi connectivity index (χ0) is 14.6. The summed E-state index contributed by atoms with van der Waals surface area (Å²) in [4.78, 5) is 12.4. The lowest BCUT2D eigenvalue weighted by Gasteiger charge is -2.32. The van der Waals surface area contributed by atoms with Crippen molar-refractivity contribution in [2.24, 2.45) is 0 Å². The third-order valence-electron chi connectivity index (χ3n) is 3.32. The summed E-state index contributed by atoms with van der Waals surface area (Å²) in [6.45, 7) is 5.03. The molecule has 0 saturated carbocycles. The highest BCUT2D eigenvalue weighted by atomic mass is 19.1. The number of hydrogen-bond donors (Lipinski definition) is 1. The van der Waals surface area contributed by atoms with Crippen LogP contribution < -0.4 is 5.32 Å². The molecule has 1 aromatic rings. The standard InChI is InChI=1S/C13H20FN3O2/c1-13(2,16(3)4)9-15-8-10-7-11(14)5-6-12(10)17(18)19/h5-7,15H,8-9H2,1-4H3. The van der Waals surface area contributed by atoms with Gasteiger partial charge in [-0.2, -0.15) is 0 Å². The van der Waals surface area contributed by atoms with Crippen LogP contribution in [-0.4, -0.2) is 36.0 Å². The summed E-state index contributed by atoms with van der Waals surface area (Å²) in [5.41, 5.74) is 0.221. The summed E-state index contributed by atoms with van der Waals surface area (Å²) in [6, 6.07) is 3.50. The van der Waals surface area contributed by atoms with Gasteiger partial charge in [-0.15, -0.1) is 0 Å². The van der Waals surface area contributed by atoms with Crippen molar-refractivity contribution >= 4 is 5.69 Å². The molecule has 0 unspecified atom stereocenters. The minimum absolute atomic E-state index is 0.0587. The van der Waals surface area contributed by atoms with Gasteiger partial charge in [-0.05, 0) is 40.1 Å². The molecule has 0 aliphatic heterocycles. The molecule has 0 amide bonds. The normalized spacial score (nSPS) is 11.9. The van der Waals surface area contributed by atoms with Gasteiger partial charge in [0.2, 0.25) is 0 Å². The van der Waals surface area contributed by atoms with E-state index in [2.05, 4.69) is 24.1 Å². The Morgan fingerprint density at radius 1 is 1.42 bits per heavy atom. The molecule has 19 heavy (non-hydrogen) atoms.